The molecule has 2 aromatic rings. The summed E-state index contributed by atoms with van der Waals surface area (Å²) >= 11 is 0. The van der Waals surface area contributed by atoms with Gasteiger partial charge in [0.1, 0.15) is 17.4 Å². The predicted octanol–water partition coefficient (Wildman–Crippen LogP) is 2.76. The molecule has 4 nitrogen and oxygen atoms in total. The van der Waals surface area contributed by atoms with Crippen LogP contribution in [0.5, 0.6) is 5.75 Å². The standard InChI is InChI=1S/C15H15F2NO3S/c1-10-7-12(16)4-6-15(10)22(19,20)18-9-11-8-13(17)3-5-14(11)21-2/h3-8,18H,9H2,1-2H3. The van der Waals surface area contributed by atoms with E-state index in [1.54, 1.807) is 0 Å². The van der Waals surface area contributed by atoms with Crippen LogP contribution in [0.15, 0.2) is 41.3 Å². The van der Waals surface area contributed by atoms with Gasteiger partial charge in [0, 0.05) is 12.1 Å². The van der Waals surface area contributed by atoms with Gasteiger partial charge in [0.15, 0.2) is 0 Å². The molecule has 0 amide bonds. The lowest BCUT2D eigenvalue weighted by Crippen LogP contribution is -2.24. The highest BCUT2D eigenvalue weighted by Crippen LogP contribution is 2.21. The van der Waals surface area contributed by atoms with Gasteiger partial charge in [0.25, 0.3) is 0 Å². The Hall–Kier alpha value is -1.99. The van der Waals surface area contributed by atoms with Crippen molar-refractivity contribution in [3.8, 4) is 5.75 Å². The first-order valence-electron chi connectivity index (χ1n) is 6.42. The zero-order valence-corrected chi connectivity index (χ0v) is 12.9. The molecule has 0 spiro atoms. The first kappa shape index (κ1) is 16.4. The maximum atomic E-state index is 13.3. The van der Waals surface area contributed by atoms with E-state index in [-0.39, 0.29) is 11.4 Å². The van der Waals surface area contributed by atoms with E-state index in [4.69, 9.17) is 4.74 Å². The topological polar surface area (TPSA) is 55.4 Å². The van der Waals surface area contributed by atoms with E-state index in [0.29, 0.717) is 16.9 Å². The molecule has 1 N–H and O–H groups in total. The second-order valence-corrected chi connectivity index (χ2v) is 6.43. The van der Waals surface area contributed by atoms with Gasteiger partial charge in [0.2, 0.25) is 10.0 Å². The number of methoxy groups -OCH3 is 1. The van der Waals surface area contributed by atoms with Gasteiger partial charge in [-0.1, -0.05) is 0 Å². The summed E-state index contributed by atoms with van der Waals surface area (Å²) < 4.78 is 58.2. The number of benzene rings is 2. The molecule has 118 valence electrons. The molecule has 22 heavy (non-hydrogen) atoms. The Morgan fingerprint density at radius 2 is 1.73 bits per heavy atom. The molecular weight excluding hydrogens is 312 g/mol. The fraction of sp³-hybridized carbons (Fsp3) is 0.200. The molecule has 0 aliphatic carbocycles. The Balaban J connectivity index is 2.25. The van der Waals surface area contributed by atoms with Gasteiger partial charge in [-0.3, -0.25) is 0 Å². The first-order valence-corrected chi connectivity index (χ1v) is 7.90. The molecular formula is C15H15F2NO3S. The Bertz CT molecular complexity index is 791. The summed E-state index contributed by atoms with van der Waals surface area (Å²) in [5, 5.41) is 0. The van der Waals surface area contributed by atoms with E-state index in [2.05, 4.69) is 4.72 Å². The lowest BCUT2D eigenvalue weighted by molar-refractivity contribution is 0.407. The number of hydrogen-bond donors (Lipinski definition) is 1. The summed E-state index contributed by atoms with van der Waals surface area (Å²) in [5.74, 6) is -0.629. The number of sulfonamides is 1. The lowest BCUT2D eigenvalue weighted by Gasteiger charge is -2.12. The maximum absolute atomic E-state index is 13.3. The monoisotopic (exact) mass is 327 g/mol. The number of ether oxygens (including phenoxy) is 1. The summed E-state index contributed by atoms with van der Waals surface area (Å²) in [6.07, 6.45) is 0. The number of nitrogens with one attached hydrogen (secondary N) is 1. The molecule has 0 bridgehead atoms. The minimum Gasteiger partial charge on any atom is -0.496 e. The molecule has 0 saturated heterocycles. The molecule has 0 fully saturated rings. The minimum absolute atomic E-state index is 0.0238. The normalized spacial score (nSPS) is 11.5. The maximum Gasteiger partial charge on any atom is 0.241 e. The highest BCUT2D eigenvalue weighted by atomic mass is 32.2. The Morgan fingerprint density at radius 3 is 2.36 bits per heavy atom. The van der Waals surface area contributed by atoms with Crippen LogP contribution in [0, 0.1) is 18.6 Å². The highest BCUT2D eigenvalue weighted by Gasteiger charge is 2.18. The second kappa shape index (κ2) is 6.41. The average Bonchev–Trinajstić information content (AvgIpc) is 2.45. The van der Waals surface area contributed by atoms with Gasteiger partial charge >= 0.3 is 0 Å². The van der Waals surface area contributed by atoms with Crippen LogP contribution in [0.2, 0.25) is 0 Å². The van der Waals surface area contributed by atoms with E-state index in [1.165, 1.54) is 38.3 Å². The lowest BCUT2D eigenvalue weighted by atomic mass is 10.2. The molecule has 7 heteroatoms. The van der Waals surface area contributed by atoms with Crippen LogP contribution < -0.4 is 9.46 Å². The minimum atomic E-state index is -3.84. The van der Waals surface area contributed by atoms with Crippen molar-refractivity contribution in [1.82, 2.24) is 4.72 Å². The molecule has 0 unspecified atom stereocenters. The van der Waals surface area contributed by atoms with E-state index in [9.17, 15) is 17.2 Å². The van der Waals surface area contributed by atoms with E-state index in [0.717, 1.165) is 12.1 Å². The zero-order chi connectivity index (χ0) is 16.3. The van der Waals surface area contributed by atoms with Crippen molar-refractivity contribution in [2.75, 3.05) is 7.11 Å². The first-order chi connectivity index (χ1) is 10.3. The summed E-state index contributed by atoms with van der Waals surface area (Å²) in [6.45, 7) is 1.36. The molecule has 0 aliphatic rings. The molecule has 0 atom stereocenters. The van der Waals surface area contributed by atoms with Crippen LogP contribution in [0.25, 0.3) is 0 Å². The van der Waals surface area contributed by atoms with Crippen LogP contribution >= 0.6 is 0 Å². The quantitative estimate of drug-likeness (QED) is 0.919. The van der Waals surface area contributed by atoms with Crippen LogP contribution in [0.3, 0.4) is 0 Å². The zero-order valence-electron chi connectivity index (χ0n) is 12.1. The fourth-order valence-electron chi connectivity index (χ4n) is 2.05. The SMILES string of the molecule is COc1ccc(F)cc1CNS(=O)(=O)c1ccc(F)cc1C. The van der Waals surface area contributed by atoms with E-state index < -0.39 is 21.7 Å². The molecule has 2 aromatic carbocycles. The molecule has 0 heterocycles. The van der Waals surface area contributed by atoms with Gasteiger partial charge in [-0.2, -0.15) is 0 Å². The van der Waals surface area contributed by atoms with Crippen LogP contribution in [0.1, 0.15) is 11.1 Å². The average molecular weight is 327 g/mol. The van der Waals surface area contributed by atoms with Gasteiger partial charge in [-0.25, -0.2) is 21.9 Å². The predicted molar refractivity (Wildman–Crippen MR) is 78.1 cm³/mol. The number of halogens is 2. The van der Waals surface area contributed by atoms with Crippen molar-refractivity contribution in [3.63, 3.8) is 0 Å². The van der Waals surface area contributed by atoms with Crippen LogP contribution in [-0.4, -0.2) is 15.5 Å². The Labute approximate surface area is 127 Å². The molecule has 2 rings (SSSR count). The smallest absolute Gasteiger partial charge is 0.241 e. The third kappa shape index (κ3) is 3.61. The van der Waals surface area contributed by atoms with Crippen molar-refractivity contribution in [2.24, 2.45) is 0 Å². The van der Waals surface area contributed by atoms with Gasteiger partial charge in [0.05, 0.1) is 12.0 Å². The number of rotatable bonds is 5. The van der Waals surface area contributed by atoms with Crippen molar-refractivity contribution in [2.45, 2.75) is 18.4 Å². The van der Waals surface area contributed by atoms with Crippen LogP contribution in [-0.2, 0) is 16.6 Å². The van der Waals surface area contributed by atoms with Gasteiger partial charge in [-0.05, 0) is 48.9 Å². The molecule has 0 radical (unpaired) electrons. The van der Waals surface area contributed by atoms with E-state index >= 15 is 0 Å². The van der Waals surface area contributed by atoms with Gasteiger partial charge in [-0.15, -0.1) is 0 Å². The summed E-state index contributed by atoms with van der Waals surface area (Å²) in [5.41, 5.74) is 0.657. The third-order valence-electron chi connectivity index (χ3n) is 3.12. The summed E-state index contributed by atoms with van der Waals surface area (Å²) in [7, 11) is -2.43. The molecule has 0 aliphatic heterocycles. The number of hydrogen-bond acceptors (Lipinski definition) is 3. The largest absolute Gasteiger partial charge is 0.496 e. The summed E-state index contributed by atoms with van der Waals surface area (Å²) in [6, 6.07) is 7.24. The van der Waals surface area contributed by atoms with Crippen molar-refractivity contribution >= 4 is 10.0 Å². The van der Waals surface area contributed by atoms with E-state index in [1.807, 2.05) is 0 Å². The molecule has 0 saturated carbocycles. The number of aryl methyl sites for hydroxylation is 1. The van der Waals surface area contributed by atoms with Crippen LogP contribution in [0.4, 0.5) is 8.78 Å². The van der Waals surface area contributed by atoms with Crippen molar-refractivity contribution < 1.29 is 21.9 Å². The fourth-order valence-corrected chi connectivity index (χ4v) is 3.28. The van der Waals surface area contributed by atoms with Gasteiger partial charge < -0.3 is 4.74 Å². The van der Waals surface area contributed by atoms with Crippen molar-refractivity contribution in [1.29, 1.82) is 0 Å². The molecule has 0 aromatic heterocycles. The highest BCUT2D eigenvalue weighted by molar-refractivity contribution is 7.89. The summed E-state index contributed by atoms with van der Waals surface area (Å²) in [4.78, 5) is -0.0238. The Morgan fingerprint density at radius 1 is 1.09 bits per heavy atom. The third-order valence-corrected chi connectivity index (χ3v) is 4.68. The van der Waals surface area contributed by atoms with Crippen molar-refractivity contribution in [3.05, 3.63) is 59.2 Å². The second-order valence-electron chi connectivity index (χ2n) is 4.69. The Kier molecular flexibility index (Phi) is 4.77.